The van der Waals surface area contributed by atoms with Crippen molar-refractivity contribution in [2.45, 2.75) is 26.3 Å². The summed E-state index contributed by atoms with van der Waals surface area (Å²) in [5.74, 6) is 1.29. The predicted molar refractivity (Wildman–Crippen MR) is 81.9 cm³/mol. The van der Waals surface area contributed by atoms with Crippen molar-refractivity contribution in [1.29, 1.82) is 0 Å². The van der Waals surface area contributed by atoms with Gasteiger partial charge in [0.05, 0.1) is 11.4 Å². The first kappa shape index (κ1) is 14.4. The SMILES string of the molecule is Cc1nc(NC(C)c2n[nH]c(CC(=O)O)n2)c2ccsc2n1. The minimum atomic E-state index is -0.949. The first-order valence-corrected chi connectivity index (χ1v) is 7.52. The van der Waals surface area contributed by atoms with Gasteiger partial charge in [0.15, 0.2) is 5.82 Å². The zero-order chi connectivity index (χ0) is 15.7. The number of nitrogens with one attached hydrogen (secondary N) is 2. The molecule has 8 nitrogen and oxygen atoms in total. The lowest BCUT2D eigenvalue weighted by molar-refractivity contribution is -0.136. The van der Waals surface area contributed by atoms with E-state index in [4.69, 9.17) is 5.11 Å². The summed E-state index contributed by atoms with van der Waals surface area (Å²) in [7, 11) is 0. The Hall–Kier alpha value is -2.55. The lowest BCUT2D eigenvalue weighted by Crippen LogP contribution is -2.11. The Morgan fingerprint density at radius 3 is 3.05 bits per heavy atom. The molecule has 114 valence electrons. The molecule has 0 aliphatic carbocycles. The second-order valence-corrected chi connectivity index (χ2v) is 5.73. The molecule has 0 radical (unpaired) electrons. The highest BCUT2D eigenvalue weighted by atomic mass is 32.1. The van der Waals surface area contributed by atoms with Crippen molar-refractivity contribution < 1.29 is 9.90 Å². The molecule has 0 aliphatic heterocycles. The van der Waals surface area contributed by atoms with Gasteiger partial charge < -0.3 is 10.4 Å². The predicted octanol–water partition coefficient (Wildman–Crippen LogP) is 1.92. The molecule has 0 bridgehead atoms. The number of aliphatic carboxylic acids is 1. The van der Waals surface area contributed by atoms with E-state index < -0.39 is 5.97 Å². The van der Waals surface area contributed by atoms with Gasteiger partial charge in [0.25, 0.3) is 0 Å². The van der Waals surface area contributed by atoms with Gasteiger partial charge in [-0.25, -0.2) is 15.0 Å². The van der Waals surface area contributed by atoms with E-state index in [0.29, 0.717) is 17.5 Å². The van der Waals surface area contributed by atoms with E-state index in [1.165, 1.54) is 0 Å². The van der Waals surface area contributed by atoms with Crippen LogP contribution in [0.5, 0.6) is 0 Å². The number of carboxylic acids is 1. The van der Waals surface area contributed by atoms with Gasteiger partial charge in [-0.3, -0.25) is 9.89 Å². The summed E-state index contributed by atoms with van der Waals surface area (Å²) in [6.45, 7) is 3.73. The summed E-state index contributed by atoms with van der Waals surface area (Å²) in [6.07, 6.45) is -0.179. The van der Waals surface area contributed by atoms with E-state index in [-0.39, 0.29) is 12.5 Å². The van der Waals surface area contributed by atoms with Crippen molar-refractivity contribution in [2.24, 2.45) is 0 Å². The van der Waals surface area contributed by atoms with Gasteiger partial charge in [0.1, 0.15) is 28.7 Å². The Morgan fingerprint density at radius 1 is 1.45 bits per heavy atom. The molecule has 1 atom stereocenters. The van der Waals surface area contributed by atoms with Gasteiger partial charge in [0, 0.05) is 0 Å². The van der Waals surface area contributed by atoms with Crippen molar-refractivity contribution in [3.63, 3.8) is 0 Å². The molecule has 9 heteroatoms. The Kier molecular flexibility index (Phi) is 3.72. The Balaban J connectivity index is 1.83. The summed E-state index contributed by atoms with van der Waals surface area (Å²) in [4.78, 5) is 24.6. The third-order valence-electron chi connectivity index (χ3n) is 3.05. The molecule has 0 spiro atoms. The van der Waals surface area contributed by atoms with Crippen LogP contribution in [0.2, 0.25) is 0 Å². The number of aromatic amines is 1. The fraction of sp³-hybridized carbons (Fsp3) is 0.308. The molecule has 0 saturated carbocycles. The number of aromatic nitrogens is 5. The van der Waals surface area contributed by atoms with Crippen LogP contribution in [0.1, 0.15) is 30.4 Å². The highest BCUT2D eigenvalue weighted by molar-refractivity contribution is 7.16. The van der Waals surface area contributed by atoms with Crippen molar-refractivity contribution in [2.75, 3.05) is 5.32 Å². The van der Waals surface area contributed by atoms with E-state index in [1.54, 1.807) is 11.3 Å². The van der Waals surface area contributed by atoms with Crippen LogP contribution in [0, 0.1) is 6.92 Å². The van der Waals surface area contributed by atoms with Crippen LogP contribution >= 0.6 is 11.3 Å². The third-order valence-corrected chi connectivity index (χ3v) is 3.85. The normalized spacial score (nSPS) is 12.5. The number of thiophene rings is 1. The molecule has 0 amide bonds. The average Bonchev–Trinajstić information content (AvgIpc) is 3.06. The molecule has 0 aliphatic rings. The maximum absolute atomic E-state index is 10.7. The summed E-state index contributed by atoms with van der Waals surface area (Å²) in [5.41, 5.74) is 0. The van der Waals surface area contributed by atoms with Crippen molar-refractivity contribution >= 4 is 33.3 Å². The molecule has 3 aromatic rings. The van der Waals surface area contributed by atoms with E-state index in [9.17, 15) is 4.79 Å². The van der Waals surface area contributed by atoms with E-state index >= 15 is 0 Å². The fourth-order valence-electron chi connectivity index (χ4n) is 2.07. The summed E-state index contributed by atoms with van der Waals surface area (Å²) < 4.78 is 0. The number of carbonyl (C=O) groups is 1. The van der Waals surface area contributed by atoms with Gasteiger partial charge >= 0.3 is 5.97 Å². The Labute approximate surface area is 129 Å². The van der Waals surface area contributed by atoms with Gasteiger partial charge in [-0.05, 0) is 25.3 Å². The maximum Gasteiger partial charge on any atom is 0.311 e. The average molecular weight is 318 g/mol. The molecule has 3 rings (SSSR count). The molecule has 3 aromatic heterocycles. The van der Waals surface area contributed by atoms with Gasteiger partial charge in [0.2, 0.25) is 0 Å². The largest absolute Gasteiger partial charge is 0.481 e. The lowest BCUT2D eigenvalue weighted by Gasteiger charge is -2.12. The quantitative estimate of drug-likeness (QED) is 0.658. The number of hydrogen-bond donors (Lipinski definition) is 3. The van der Waals surface area contributed by atoms with Crippen LogP contribution in [-0.2, 0) is 11.2 Å². The molecule has 0 saturated heterocycles. The smallest absolute Gasteiger partial charge is 0.311 e. The molecule has 22 heavy (non-hydrogen) atoms. The number of fused-ring (bicyclic) bond motifs is 1. The highest BCUT2D eigenvalue weighted by Gasteiger charge is 2.16. The van der Waals surface area contributed by atoms with E-state index in [1.807, 2.05) is 25.3 Å². The first-order chi connectivity index (χ1) is 10.5. The Morgan fingerprint density at radius 2 is 2.27 bits per heavy atom. The molecular formula is C13H14N6O2S. The summed E-state index contributed by atoms with van der Waals surface area (Å²) >= 11 is 1.56. The van der Waals surface area contributed by atoms with E-state index in [0.717, 1.165) is 16.0 Å². The second-order valence-electron chi connectivity index (χ2n) is 4.84. The molecule has 1 unspecified atom stereocenters. The van der Waals surface area contributed by atoms with Crippen molar-refractivity contribution in [3.05, 3.63) is 28.9 Å². The first-order valence-electron chi connectivity index (χ1n) is 6.64. The summed E-state index contributed by atoms with van der Waals surface area (Å²) in [6, 6.07) is 1.75. The van der Waals surface area contributed by atoms with Crippen LogP contribution in [0.25, 0.3) is 10.2 Å². The van der Waals surface area contributed by atoms with Gasteiger partial charge in [-0.1, -0.05) is 0 Å². The number of aryl methyl sites for hydroxylation is 1. The summed E-state index contributed by atoms with van der Waals surface area (Å²) in [5, 5.41) is 21.6. The highest BCUT2D eigenvalue weighted by Crippen LogP contribution is 2.27. The molecule has 3 heterocycles. The maximum atomic E-state index is 10.7. The second kappa shape index (κ2) is 5.68. The topological polar surface area (TPSA) is 117 Å². The van der Waals surface area contributed by atoms with Gasteiger partial charge in [-0.2, -0.15) is 5.10 Å². The van der Waals surface area contributed by atoms with Crippen LogP contribution in [0.3, 0.4) is 0 Å². The number of carboxylic acid groups (broad SMARTS) is 1. The lowest BCUT2D eigenvalue weighted by atomic mass is 10.3. The van der Waals surface area contributed by atoms with E-state index in [2.05, 4.69) is 30.5 Å². The monoisotopic (exact) mass is 318 g/mol. The minimum Gasteiger partial charge on any atom is -0.481 e. The number of hydrogen-bond acceptors (Lipinski definition) is 7. The number of H-pyrrole nitrogens is 1. The van der Waals surface area contributed by atoms with Crippen LogP contribution in [-0.4, -0.2) is 36.2 Å². The number of nitrogens with zero attached hydrogens (tertiary/aromatic N) is 4. The molecule has 0 fully saturated rings. The zero-order valence-corrected chi connectivity index (χ0v) is 12.8. The third kappa shape index (κ3) is 2.89. The molecule has 0 aromatic carbocycles. The Bertz CT molecular complexity index is 827. The number of rotatable bonds is 5. The fourth-order valence-corrected chi connectivity index (χ4v) is 2.88. The standard InChI is InChI=1S/C13H14N6O2S/c1-6(11-17-9(18-19-11)5-10(20)21)14-12-8-3-4-22-13(8)16-7(2)15-12/h3-4,6H,5H2,1-2H3,(H,20,21)(H,14,15,16)(H,17,18,19). The van der Waals surface area contributed by atoms with Crippen LogP contribution in [0.15, 0.2) is 11.4 Å². The minimum absolute atomic E-state index is 0.179. The molecule has 3 N–H and O–H groups in total. The van der Waals surface area contributed by atoms with Crippen LogP contribution < -0.4 is 5.32 Å². The zero-order valence-electron chi connectivity index (χ0n) is 12.0. The number of anilines is 1. The van der Waals surface area contributed by atoms with Crippen LogP contribution in [0.4, 0.5) is 5.82 Å². The van der Waals surface area contributed by atoms with Crippen molar-refractivity contribution in [1.82, 2.24) is 25.1 Å². The molecular weight excluding hydrogens is 304 g/mol. The van der Waals surface area contributed by atoms with Gasteiger partial charge in [-0.15, -0.1) is 11.3 Å². The van der Waals surface area contributed by atoms with Crippen molar-refractivity contribution in [3.8, 4) is 0 Å².